The summed E-state index contributed by atoms with van der Waals surface area (Å²) in [7, 11) is 2.27. The van der Waals surface area contributed by atoms with Gasteiger partial charge in [-0.3, -0.25) is 0 Å². The highest BCUT2D eigenvalue weighted by Crippen LogP contribution is 2.21. The van der Waals surface area contributed by atoms with E-state index < -0.39 is 5.30 Å². The first-order chi connectivity index (χ1) is 3.77. The molecule has 0 heterocycles. The fourth-order valence-electron chi connectivity index (χ4n) is 0.175. The number of carbonyl (C=O) groups is 1. The smallest absolute Gasteiger partial charge is 0.375 e. The monoisotopic (exact) mass is 152 g/mol. The van der Waals surface area contributed by atoms with Gasteiger partial charge in [0, 0.05) is 16.5 Å². The molecule has 0 radical (unpaired) electrons. The van der Waals surface area contributed by atoms with Gasteiger partial charge >= 0.3 is 5.30 Å². The number of rotatable bonds is 3. The number of carboxylic acid groups (broad SMARTS) is 1. The van der Waals surface area contributed by atoms with Crippen molar-refractivity contribution in [2.45, 2.75) is 13.3 Å². The fraction of sp³-hybridized carbons (Fsp3) is 0.750. The van der Waals surface area contributed by atoms with E-state index >= 15 is 0 Å². The quantitative estimate of drug-likeness (QED) is 0.498. The molecule has 0 aliphatic heterocycles. The topological polar surface area (TPSA) is 37.3 Å². The van der Waals surface area contributed by atoms with Crippen LogP contribution in [0.5, 0.6) is 0 Å². The van der Waals surface area contributed by atoms with Gasteiger partial charge in [0.25, 0.3) is 0 Å². The molecule has 2 nitrogen and oxygen atoms in total. The van der Waals surface area contributed by atoms with E-state index in [-0.39, 0.29) is 0 Å². The molecule has 48 valence electrons. The Bertz CT molecular complexity index is 74.4. The van der Waals surface area contributed by atoms with E-state index in [9.17, 15) is 4.79 Å². The van der Waals surface area contributed by atoms with Gasteiger partial charge in [-0.1, -0.05) is 17.7 Å². The van der Waals surface area contributed by atoms with Crippen LogP contribution in [-0.2, 0) is 0 Å². The lowest BCUT2D eigenvalue weighted by molar-refractivity contribution is 0.222. The molecule has 0 aliphatic carbocycles. The maximum Gasteiger partial charge on any atom is 0.375 e. The minimum absolute atomic E-state index is 0.802. The van der Waals surface area contributed by atoms with E-state index in [1.807, 2.05) is 6.92 Å². The van der Waals surface area contributed by atoms with Crippen LogP contribution in [0.1, 0.15) is 13.3 Å². The van der Waals surface area contributed by atoms with Crippen molar-refractivity contribution < 1.29 is 9.90 Å². The molecular weight excluding hydrogens is 144 g/mol. The molecule has 0 saturated carbocycles. The van der Waals surface area contributed by atoms with Gasteiger partial charge < -0.3 is 5.11 Å². The second kappa shape index (κ2) is 5.31. The summed E-state index contributed by atoms with van der Waals surface area (Å²) in [4.78, 5) is 9.82. The van der Waals surface area contributed by atoms with Crippen molar-refractivity contribution in [1.82, 2.24) is 0 Å². The van der Waals surface area contributed by atoms with Gasteiger partial charge in [-0.2, -0.15) is 0 Å². The van der Waals surface area contributed by atoms with E-state index in [1.54, 1.807) is 0 Å². The lowest BCUT2D eigenvalue weighted by atomic mass is 10.6. The molecule has 0 aromatic rings. The number of hydrogen-bond donors (Lipinski definition) is 1. The Balaban J connectivity index is 2.82. The minimum atomic E-state index is -0.802. The molecule has 0 atom stereocenters. The lowest BCUT2D eigenvalue weighted by Crippen LogP contribution is -1.78. The third-order valence-electron chi connectivity index (χ3n) is 0.418. The van der Waals surface area contributed by atoms with E-state index in [2.05, 4.69) is 0 Å². The molecule has 0 aromatic carbocycles. The van der Waals surface area contributed by atoms with Crippen molar-refractivity contribution in [3.8, 4) is 0 Å². The van der Waals surface area contributed by atoms with E-state index in [0.29, 0.717) is 0 Å². The Morgan fingerprint density at radius 1 is 1.75 bits per heavy atom. The molecule has 4 heteroatoms. The van der Waals surface area contributed by atoms with Crippen LogP contribution in [0.2, 0.25) is 0 Å². The van der Waals surface area contributed by atoms with Crippen LogP contribution < -0.4 is 0 Å². The molecule has 0 rings (SSSR count). The van der Waals surface area contributed by atoms with Crippen LogP contribution in [0.3, 0.4) is 0 Å². The van der Waals surface area contributed by atoms with Gasteiger partial charge in [0.1, 0.15) is 0 Å². The normalized spacial score (nSPS) is 9.12. The Morgan fingerprint density at radius 2 is 2.38 bits per heavy atom. The van der Waals surface area contributed by atoms with Crippen LogP contribution in [0.15, 0.2) is 0 Å². The summed E-state index contributed by atoms with van der Waals surface area (Å²) in [6, 6.07) is 0. The van der Waals surface area contributed by atoms with E-state index in [1.165, 1.54) is 10.8 Å². The second-order valence-corrected chi connectivity index (χ2v) is 3.54. The van der Waals surface area contributed by atoms with Crippen molar-refractivity contribution in [1.29, 1.82) is 0 Å². The first-order valence-electron chi connectivity index (χ1n) is 2.29. The SMILES string of the molecule is CCCSSC(=O)O. The van der Waals surface area contributed by atoms with Crippen molar-refractivity contribution in [2.75, 3.05) is 5.75 Å². The molecular formula is C4H8O2S2. The van der Waals surface area contributed by atoms with Crippen molar-refractivity contribution in [3.05, 3.63) is 0 Å². The standard InChI is InChI=1S/C4H8O2S2/c1-2-3-7-8-4(5)6/h2-3H2,1H3,(H,5,6). The van der Waals surface area contributed by atoms with E-state index in [4.69, 9.17) is 5.11 Å². The largest absolute Gasteiger partial charge is 0.473 e. The van der Waals surface area contributed by atoms with Crippen LogP contribution >= 0.6 is 21.6 Å². The molecule has 0 saturated heterocycles. The maximum absolute atomic E-state index is 9.82. The van der Waals surface area contributed by atoms with Gasteiger partial charge in [0.15, 0.2) is 0 Å². The average Bonchev–Trinajstić information content (AvgIpc) is 1.66. The third-order valence-corrected chi connectivity index (χ3v) is 2.53. The third kappa shape index (κ3) is 6.17. The summed E-state index contributed by atoms with van der Waals surface area (Å²) in [6.07, 6.45) is 1.03. The highest BCUT2D eigenvalue weighted by atomic mass is 33.1. The van der Waals surface area contributed by atoms with Crippen LogP contribution in [0.4, 0.5) is 4.79 Å². The van der Waals surface area contributed by atoms with Crippen LogP contribution in [-0.4, -0.2) is 16.2 Å². The predicted molar refractivity (Wildman–Crippen MR) is 38.4 cm³/mol. The first kappa shape index (κ1) is 8.17. The Morgan fingerprint density at radius 3 is 2.75 bits per heavy atom. The second-order valence-electron chi connectivity index (χ2n) is 1.17. The van der Waals surface area contributed by atoms with Crippen LogP contribution in [0.25, 0.3) is 0 Å². The van der Waals surface area contributed by atoms with Crippen molar-refractivity contribution in [2.24, 2.45) is 0 Å². The van der Waals surface area contributed by atoms with Gasteiger partial charge in [-0.25, -0.2) is 4.79 Å². The highest BCUT2D eigenvalue weighted by molar-refractivity contribution is 8.82. The maximum atomic E-state index is 9.82. The summed E-state index contributed by atoms with van der Waals surface area (Å²) >= 11 is 0. The first-order valence-corrected chi connectivity index (χ1v) is 4.61. The average molecular weight is 152 g/mol. The molecule has 1 N–H and O–H groups in total. The Kier molecular flexibility index (Phi) is 5.42. The zero-order chi connectivity index (χ0) is 6.41. The highest BCUT2D eigenvalue weighted by Gasteiger charge is 1.94. The zero-order valence-electron chi connectivity index (χ0n) is 4.59. The predicted octanol–water partition coefficient (Wildman–Crippen LogP) is 2.46. The summed E-state index contributed by atoms with van der Waals surface area (Å²) in [5, 5.41) is 7.28. The zero-order valence-corrected chi connectivity index (χ0v) is 6.22. The van der Waals surface area contributed by atoms with Gasteiger partial charge in [0.2, 0.25) is 0 Å². The molecule has 0 fully saturated rings. The van der Waals surface area contributed by atoms with Crippen molar-refractivity contribution in [3.63, 3.8) is 0 Å². The molecule has 0 amide bonds. The summed E-state index contributed by atoms with van der Waals surface area (Å²) in [5.74, 6) is 0.914. The fourth-order valence-corrected chi connectivity index (χ4v) is 1.58. The van der Waals surface area contributed by atoms with Gasteiger partial charge in [-0.15, -0.1) is 0 Å². The Hall–Kier alpha value is 0.170. The van der Waals surface area contributed by atoms with E-state index in [0.717, 1.165) is 23.0 Å². The van der Waals surface area contributed by atoms with Crippen molar-refractivity contribution >= 4 is 26.9 Å². The Labute approximate surface area is 56.4 Å². The summed E-state index contributed by atoms with van der Waals surface area (Å²) in [6.45, 7) is 2.02. The van der Waals surface area contributed by atoms with Gasteiger partial charge in [-0.05, 0) is 6.42 Å². The molecule has 0 aliphatic rings. The molecule has 0 unspecified atom stereocenters. The molecule has 8 heavy (non-hydrogen) atoms. The minimum Gasteiger partial charge on any atom is -0.473 e. The molecule has 0 spiro atoms. The summed E-state index contributed by atoms with van der Waals surface area (Å²) < 4.78 is 0. The lowest BCUT2D eigenvalue weighted by Gasteiger charge is -1.88. The summed E-state index contributed by atoms with van der Waals surface area (Å²) in [5.41, 5.74) is 0. The molecule has 0 aromatic heterocycles. The van der Waals surface area contributed by atoms with Crippen LogP contribution in [0, 0.1) is 0 Å². The molecule has 0 bridgehead atoms. The number of hydrogen-bond acceptors (Lipinski definition) is 3. The van der Waals surface area contributed by atoms with Gasteiger partial charge in [0.05, 0.1) is 0 Å².